The van der Waals surface area contributed by atoms with Gasteiger partial charge in [0.1, 0.15) is 0 Å². The van der Waals surface area contributed by atoms with E-state index in [2.05, 4.69) is 27.7 Å². The molecule has 10 aliphatic heterocycles. The number of thioether (sulfide) groups is 10. The largest absolute Gasteiger partial charge is 0.367 e. The summed E-state index contributed by atoms with van der Waals surface area (Å²) in [7, 11) is 0. The molecule has 0 radical (unpaired) electrons. The molecule has 0 aromatic heterocycles. The Morgan fingerprint density at radius 3 is 1.27 bits per heavy atom. The molecule has 10 rings (SSSR count). The van der Waals surface area contributed by atoms with Gasteiger partial charge in [0.05, 0.1) is 85.6 Å². The van der Waals surface area contributed by atoms with Crippen molar-refractivity contribution in [3.05, 3.63) is 0 Å². The van der Waals surface area contributed by atoms with Gasteiger partial charge in [-0.2, -0.15) is 106 Å². The lowest BCUT2D eigenvalue weighted by Crippen LogP contribution is -2.42. The highest BCUT2D eigenvalue weighted by molar-refractivity contribution is 8.01. The lowest BCUT2D eigenvalue weighted by Gasteiger charge is -2.33. The van der Waals surface area contributed by atoms with Crippen LogP contribution < -0.4 is 0 Å². The maximum absolute atomic E-state index is 9.40. The molecule has 10 fully saturated rings. The predicted molar refractivity (Wildman–Crippen MR) is 357 cm³/mol. The molecule has 21 atom stereocenters. The summed E-state index contributed by atoms with van der Waals surface area (Å²) in [5, 5.41) is 93.2. The topological polar surface area (TPSA) is 295 Å². The van der Waals surface area contributed by atoms with Crippen molar-refractivity contribution in [2.24, 2.45) is 0 Å². The Balaban J connectivity index is 0.000000467. The molecular formula is C54H108O20S10. The molecule has 0 amide bonds. The van der Waals surface area contributed by atoms with Crippen LogP contribution in [0.5, 0.6) is 0 Å². The minimum absolute atomic E-state index is 0.193. The van der Waals surface area contributed by atoms with E-state index in [0.717, 1.165) is 51.8 Å². The van der Waals surface area contributed by atoms with Crippen molar-refractivity contribution < 1.29 is 98.4 Å². The summed E-state index contributed by atoms with van der Waals surface area (Å²) in [6.07, 6.45) is -3.10. The van der Waals surface area contributed by atoms with Crippen LogP contribution in [0.25, 0.3) is 0 Å². The van der Waals surface area contributed by atoms with E-state index in [9.17, 15) is 10.2 Å². The SMILES string of the molecule is CC1(O)CSCCO1.CC1COC(C)(O)CS1.CC1COC(O)C(C)S1.CC1COC(O)CS1.CC1CSC(C)C(O)O1.CC1CSCC(O)O1.CC1OC(O)CSC1C.CC1SCCOC1(C)O.CC1SCCOC1O.OC1CSCCO1. The Morgan fingerprint density at radius 1 is 0.369 bits per heavy atom. The summed E-state index contributed by atoms with van der Waals surface area (Å²) in [6.45, 7) is 32.1. The molecule has 20 nitrogen and oxygen atoms in total. The van der Waals surface area contributed by atoms with E-state index in [1.165, 1.54) is 0 Å². The number of aliphatic hydroxyl groups excluding tert-OH is 7. The van der Waals surface area contributed by atoms with Crippen molar-refractivity contribution in [1.82, 2.24) is 0 Å². The van der Waals surface area contributed by atoms with Crippen LogP contribution in [0.1, 0.15) is 96.9 Å². The van der Waals surface area contributed by atoms with Crippen molar-refractivity contribution in [3.63, 3.8) is 0 Å². The fraction of sp³-hybridized carbons (Fsp3) is 1.00. The first-order chi connectivity index (χ1) is 39.3. The minimum atomic E-state index is -0.900. The highest BCUT2D eigenvalue weighted by atomic mass is 32.2. The second-order valence-electron chi connectivity index (χ2n) is 21.3. The van der Waals surface area contributed by atoms with Gasteiger partial charge < -0.3 is 98.4 Å². The summed E-state index contributed by atoms with van der Waals surface area (Å²) in [5.74, 6) is 7.71. The van der Waals surface area contributed by atoms with E-state index in [-0.39, 0.29) is 39.3 Å². The maximum Gasteiger partial charge on any atom is 0.174 e. The Morgan fingerprint density at radius 2 is 0.905 bits per heavy atom. The second kappa shape index (κ2) is 47.6. The smallest absolute Gasteiger partial charge is 0.174 e. The Labute approximate surface area is 545 Å². The van der Waals surface area contributed by atoms with Gasteiger partial charge in [-0.05, 0) is 69.2 Å². The van der Waals surface area contributed by atoms with Crippen LogP contribution in [0, 0.1) is 0 Å². The Bertz CT molecular complexity index is 1490. The van der Waals surface area contributed by atoms with E-state index in [1.807, 2.05) is 48.5 Å². The number of ether oxygens (including phenoxy) is 10. The zero-order valence-corrected chi connectivity index (χ0v) is 60.1. The van der Waals surface area contributed by atoms with Gasteiger partial charge >= 0.3 is 0 Å². The summed E-state index contributed by atoms with van der Waals surface area (Å²) < 4.78 is 50.2. The van der Waals surface area contributed by atoms with Crippen LogP contribution in [0.3, 0.4) is 0 Å². The molecule has 0 aromatic carbocycles. The van der Waals surface area contributed by atoms with E-state index in [4.69, 9.17) is 88.2 Å². The zero-order chi connectivity index (χ0) is 63.5. The van der Waals surface area contributed by atoms with Crippen molar-refractivity contribution in [1.29, 1.82) is 0 Å². The molecular weight excluding hydrogens is 1290 g/mol. The predicted octanol–water partition coefficient (Wildman–Crippen LogP) is 6.13. The van der Waals surface area contributed by atoms with Crippen LogP contribution in [-0.4, -0.2) is 288 Å². The van der Waals surface area contributed by atoms with Gasteiger partial charge in [-0.25, -0.2) is 0 Å². The molecule has 0 saturated carbocycles. The van der Waals surface area contributed by atoms with Crippen LogP contribution >= 0.6 is 118 Å². The molecule has 10 saturated heterocycles. The third kappa shape index (κ3) is 43.6. The first-order valence-electron chi connectivity index (χ1n) is 28.7. The van der Waals surface area contributed by atoms with Crippen LogP contribution in [0.2, 0.25) is 0 Å². The normalized spacial score (nSPS) is 42.0. The van der Waals surface area contributed by atoms with Gasteiger partial charge in [-0.15, -0.1) is 11.8 Å². The van der Waals surface area contributed by atoms with Crippen molar-refractivity contribution in [3.8, 4) is 0 Å². The minimum Gasteiger partial charge on any atom is -0.367 e. The van der Waals surface area contributed by atoms with Crippen LogP contribution in [0.15, 0.2) is 0 Å². The average Bonchev–Trinajstić information content (AvgIpc) is 3.47. The van der Waals surface area contributed by atoms with Crippen molar-refractivity contribution in [2.45, 2.75) is 219 Å². The second-order valence-corrected chi connectivity index (χ2v) is 35.1. The van der Waals surface area contributed by atoms with E-state index in [1.54, 1.807) is 138 Å². The highest BCUT2D eigenvalue weighted by Crippen LogP contribution is 2.30. The number of aliphatic hydroxyl groups is 10. The van der Waals surface area contributed by atoms with E-state index < -0.39 is 61.4 Å². The van der Waals surface area contributed by atoms with Gasteiger partial charge in [0.25, 0.3) is 0 Å². The molecule has 0 aromatic rings. The van der Waals surface area contributed by atoms with E-state index >= 15 is 0 Å². The monoisotopic (exact) mass is 1400 g/mol. The fourth-order valence-electron chi connectivity index (χ4n) is 6.79. The molecule has 504 valence electrons. The Kier molecular flexibility index (Phi) is 48.0. The molecule has 30 heteroatoms. The number of rotatable bonds is 0. The van der Waals surface area contributed by atoms with Crippen LogP contribution in [0.4, 0.5) is 0 Å². The van der Waals surface area contributed by atoms with Crippen molar-refractivity contribution >= 4 is 118 Å². The Hall–Kier alpha value is 2.70. The van der Waals surface area contributed by atoms with Gasteiger partial charge in [-0.3, -0.25) is 0 Å². The molecule has 0 spiro atoms. The fourth-order valence-corrected chi connectivity index (χ4v) is 15.3. The lowest BCUT2D eigenvalue weighted by molar-refractivity contribution is -0.187. The number of hydrogen-bond acceptors (Lipinski definition) is 30. The first kappa shape index (κ1) is 84.7. The highest BCUT2D eigenvalue weighted by Gasteiger charge is 2.33. The van der Waals surface area contributed by atoms with E-state index in [0.29, 0.717) is 84.5 Å². The molecule has 0 aliphatic carbocycles. The van der Waals surface area contributed by atoms with Gasteiger partial charge in [0.15, 0.2) is 61.4 Å². The molecule has 10 heterocycles. The average molecular weight is 1400 g/mol. The third-order valence-corrected chi connectivity index (χ3v) is 24.7. The zero-order valence-electron chi connectivity index (χ0n) is 52.0. The third-order valence-electron chi connectivity index (χ3n) is 12.1. The molecule has 84 heavy (non-hydrogen) atoms. The molecule has 10 aliphatic rings. The number of hydrogen-bond donors (Lipinski definition) is 10. The molecule has 10 N–H and O–H groups in total. The van der Waals surface area contributed by atoms with Crippen molar-refractivity contribution in [2.75, 3.05) is 115 Å². The van der Waals surface area contributed by atoms with Gasteiger partial charge in [0, 0.05) is 90.0 Å². The van der Waals surface area contributed by atoms with Gasteiger partial charge in [-0.1, -0.05) is 27.7 Å². The summed E-state index contributed by atoms with van der Waals surface area (Å²) in [5.41, 5.74) is 0. The standard InChI is InChI=1S/5C6H12O2S.4C5H10O2S.C4H8O2S/c1-5-3-8-6(2,7)4-9-5;1-5-6(2,7)8-3-4-9-5;1-4-5(2)9-3-6(7)8-4;1-4-3-9-5(2)6(7)8-4;1-4-3-8-6(7)5(2)9-4;1-4-2-8-3-5(6)7-4;1-4-2-7-5(6)3-8-4;1-5(6)4-8-3-2-7-5;1-4-5(6)7-2-3-8-4;5-4-3-7-2-1-6-4/h2*5,7H,3-4H2,1-2H3;3*4-7H,3H2,1-2H3;2*4-6H,2-3H2,1H3;6H,2-4H2,1H3;4-6H,2-3H2,1H3;4-5H,1-3H2. The molecule has 0 bridgehead atoms. The summed E-state index contributed by atoms with van der Waals surface area (Å²) >= 11 is 17.5. The van der Waals surface area contributed by atoms with Crippen LogP contribution in [-0.2, 0) is 47.4 Å². The summed E-state index contributed by atoms with van der Waals surface area (Å²) in [6, 6.07) is 0. The first-order valence-corrected chi connectivity index (χ1v) is 39.4. The lowest BCUT2D eigenvalue weighted by atomic mass is 10.2. The summed E-state index contributed by atoms with van der Waals surface area (Å²) in [4.78, 5) is 0. The van der Waals surface area contributed by atoms with Gasteiger partial charge in [0.2, 0.25) is 0 Å². The quantitative estimate of drug-likeness (QED) is 0.131. The molecule has 21 unspecified atom stereocenters. The maximum atomic E-state index is 9.40.